The second-order valence-corrected chi connectivity index (χ2v) is 5.50. The van der Waals surface area contributed by atoms with E-state index in [-0.39, 0.29) is 24.4 Å². The van der Waals surface area contributed by atoms with Crippen LogP contribution in [0.1, 0.15) is 24.4 Å². The number of carbonyl (C=O) groups is 2. The van der Waals surface area contributed by atoms with Crippen molar-refractivity contribution in [2.24, 2.45) is 5.73 Å². The van der Waals surface area contributed by atoms with E-state index in [9.17, 15) is 9.59 Å². The number of rotatable bonds is 5. The van der Waals surface area contributed by atoms with Gasteiger partial charge in [-0.25, -0.2) is 4.98 Å². The molecule has 8 heteroatoms. The molecule has 4 N–H and O–H groups in total. The van der Waals surface area contributed by atoms with Crippen molar-refractivity contribution in [3.05, 3.63) is 42.5 Å². The summed E-state index contributed by atoms with van der Waals surface area (Å²) in [4.78, 5) is 27.3. The van der Waals surface area contributed by atoms with Gasteiger partial charge in [-0.15, -0.1) is 0 Å². The van der Waals surface area contributed by atoms with Crippen LogP contribution in [-0.4, -0.2) is 32.6 Å². The van der Waals surface area contributed by atoms with E-state index in [0.717, 1.165) is 12.0 Å². The maximum absolute atomic E-state index is 12.2. The van der Waals surface area contributed by atoms with Crippen LogP contribution >= 0.6 is 0 Å². The van der Waals surface area contributed by atoms with Crippen LogP contribution in [0.3, 0.4) is 0 Å². The quantitative estimate of drug-likeness (QED) is 0.729. The van der Waals surface area contributed by atoms with Gasteiger partial charge < -0.3 is 16.4 Å². The molecule has 2 atom stereocenters. The summed E-state index contributed by atoms with van der Waals surface area (Å²) in [5.41, 5.74) is 7.50. The first kappa shape index (κ1) is 15.2. The third-order valence-corrected chi connectivity index (χ3v) is 3.74. The molecule has 120 valence electrons. The molecule has 2 amide bonds. The molecule has 1 fully saturated rings. The number of amides is 2. The lowest BCUT2D eigenvalue weighted by molar-refractivity contribution is -0.119. The van der Waals surface area contributed by atoms with Gasteiger partial charge in [0.25, 0.3) is 0 Å². The smallest absolute Gasteiger partial charge is 0.243 e. The first-order valence-corrected chi connectivity index (χ1v) is 7.40. The summed E-state index contributed by atoms with van der Waals surface area (Å²) in [6.45, 7) is 0.254. The highest BCUT2D eigenvalue weighted by atomic mass is 16.2. The highest BCUT2D eigenvalue weighted by Crippen LogP contribution is 2.25. The molecule has 2 heterocycles. The Bertz CT molecular complexity index is 700. The van der Waals surface area contributed by atoms with Crippen LogP contribution in [0.2, 0.25) is 0 Å². The first-order chi connectivity index (χ1) is 11.1. The zero-order valence-electron chi connectivity index (χ0n) is 12.5. The van der Waals surface area contributed by atoms with Crippen molar-refractivity contribution in [1.29, 1.82) is 0 Å². The van der Waals surface area contributed by atoms with E-state index in [4.69, 9.17) is 5.73 Å². The van der Waals surface area contributed by atoms with Crippen molar-refractivity contribution in [3.8, 4) is 0 Å². The van der Waals surface area contributed by atoms with Gasteiger partial charge in [0.05, 0.1) is 12.6 Å². The van der Waals surface area contributed by atoms with E-state index in [2.05, 4.69) is 20.7 Å². The predicted molar refractivity (Wildman–Crippen MR) is 83.2 cm³/mol. The molecule has 0 saturated carbocycles. The Morgan fingerprint density at radius 2 is 2.39 bits per heavy atom. The number of benzene rings is 1. The van der Waals surface area contributed by atoms with E-state index in [1.54, 1.807) is 6.07 Å². The Balaban J connectivity index is 1.63. The van der Waals surface area contributed by atoms with Crippen molar-refractivity contribution in [3.63, 3.8) is 0 Å². The Morgan fingerprint density at radius 1 is 1.52 bits per heavy atom. The molecular weight excluding hydrogens is 296 g/mol. The molecule has 0 aliphatic carbocycles. The maximum atomic E-state index is 12.2. The molecule has 2 unspecified atom stereocenters. The summed E-state index contributed by atoms with van der Waals surface area (Å²) in [6, 6.07) is 6.70. The summed E-state index contributed by atoms with van der Waals surface area (Å²) in [5.74, 6) is -0.243. The Hall–Kier alpha value is -2.74. The average Bonchev–Trinajstić information content (AvgIpc) is 3.19. The largest absolute Gasteiger partial charge is 0.349 e. The summed E-state index contributed by atoms with van der Waals surface area (Å²) in [6.07, 6.45) is 4.20. The Labute approximate surface area is 133 Å². The number of aromatic nitrogens is 3. The monoisotopic (exact) mass is 314 g/mol. The van der Waals surface area contributed by atoms with Gasteiger partial charge in [0.15, 0.2) is 0 Å². The zero-order valence-corrected chi connectivity index (χ0v) is 12.5. The molecule has 0 radical (unpaired) electrons. The molecule has 2 aromatic rings. The second-order valence-electron chi connectivity index (χ2n) is 5.50. The van der Waals surface area contributed by atoms with Crippen LogP contribution in [0, 0.1) is 0 Å². The summed E-state index contributed by atoms with van der Waals surface area (Å²) in [5, 5.41) is 9.62. The highest BCUT2D eigenvalue weighted by molar-refractivity contribution is 5.94. The van der Waals surface area contributed by atoms with E-state index >= 15 is 0 Å². The SMILES string of the molecule is NC(Cn1cncn1)C(=O)Nc1cccc(C2CCC(=O)N2)c1. The van der Waals surface area contributed by atoms with Crippen molar-refractivity contribution in [2.75, 3.05) is 5.32 Å². The van der Waals surface area contributed by atoms with Gasteiger partial charge in [0.2, 0.25) is 11.8 Å². The van der Waals surface area contributed by atoms with Crippen LogP contribution in [0.4, 0.5) is 5.69 Å². The molecule has 0 spiro atoms. The lowest BCUT2D eigenvalue weighted by Gasteiger charge is -2.15. The molecule has 1 saturated heterocycles. The van der Waals surface area contributed by atoms with Crippen molar-refractivity contribution in [2.45, 2.75) is 31.5 Å². The number of nitrogens with one attached hydrogen (secondary N) is 2. The Morgan fingerprint density at radius 3 is 3.09 bits per heavy atom. The van der Waals surface area contributed by atoms with Gasteiger partial charge in [0, 0.05) is 12.1 Å². The number of hydrogen-bond donors (Lipinski definition) is 3. The van der Waals surface area contributed by atoms with Crippen LogP contribution in [-0.2, 0) is 16.1 Å². The minimum atomic E-state index is -0.730. The standard InChI is InChI=1S/C15H18N6O2/c16-12(7-21-9-17-8-18-21)15(23)19-11-3-1-2-10(6-11)13-4-5-14(22)20-13/h1-3,6,8-9,12-13H,4-5,7,16H2,(H,19,23)(H,20,22). The molecular formula is C15H18N6O2. The third kappa shape index (κ3) is 3.72. The molecule has 8 nitrogen and oxygen atoms in total. The van der Waals surface area contributed by atoms with Crippen molar-refractivity contribution < 1.29 is 9.59 Å². The van der Waals surface area contributed by atoms with Crippen LogP contribution in [0.25, 0.3) is 0 Å². The average molecular weight is 314 g/mol. The van der Waals surface area contributed by atoms with E-state index in [0.29, 0.717) is 12.1 Å². The molecule has 1 aromatic carbocycles. The Kier molecular flexibility index (Phi) is 4.33. The summed E-state index contributed by atoms with van der Waals surface area (Å²) >= 11 is 0. The normalized spacial score (nSPS) is 18.5. The number of hydrogen-bond acceptors (Lipinski definition) is 5. The highest BCUT2D eigenvalue weighted by Gasteiger charge is 2.22. The second kappa shape index (κ2) is 6.57. The minimum Gasteiger partial charge on any atom is -0.349 e. The maximum Gasteiger partial charge on any atom is 0.243 e. The summed E-state index contributed by atoms with van der Waals surface area (Å²) in [7, 11) is 0. The van der Waals surface area contributed by atoms with Crippen LogP contribution in [0.5, 0.6) is 0 Å². The van der Waals surface area contributed by atoms with Gasteiger partial charge in [0.1, 0.15) is 18.7 Å². The topological polar surface area (TPSA) is 115 Å². The van der Waals surface area contributed by atoms with Gasteiger partial charge in [-0.1, -0.05) is 12.1 Å². The summed E-state index contributed by atoms with van der Waals surface area (Å²) < 4.78 is 1.51. The minimum absolute atomic E-state index is 0.00294. The van der Waals surface area contributed by atoms with Crippen LogP contribution in [0.15, 0.2) is 36.9 Å². The lowest BCUT2D eigenvalue weighted by Crippen LogP contribution is -2.39. The van der Waals surface area contributed by atoms with E-state index in [1.807, 2.05) is 18.2 Å². The molecule has 1 aliphatic rings. The van der Waals surface area contributed by atoms with Gasteiger partial charge in [-0.05, 0) is 24.1 Å². The molecule has 3 rings (SSSR count). The van der Waals surface area contributed by atoms with E-state index in [1.165, 1.54) is 17.3 Å². The van der Waals surface area contributed by atoms with Gasteiger partial charge in [-0.3, -0.25) is 14.3 Å². The fraction of sp³-hybridized carbons (Fsp3) is 0.333. The lowest BCUT2D eigenvalue weighted by atomic mass is 10.0. The number of nitrogens with two attached hydrogens (primary N) is 1. The predicted octanol–water partition coefficient (Wildman–Crippen LogP) is 0.195. The van der Waals surface area contributed by atoms with Crippen molar-refractivity contribution in [1.82, 2.24) is 20.1 Å². The third-order valence-electron chi connectivity index (χ3n) is 3.74. The fourth-order valence-corrected chi connectivity index (χ4v) is 2.54. The van der Waals surface area contributed by atoms with Crippen LogP contribution < -0.4 is 16.4 Å². The zero-order chi connectivity index (χ0) is 16.2. The number of nitrogens with zero attached hydrogens (tertiary/aromatic N) is 3. The molecule has 23 heavy (non-hydrogen) atoms. The van der Waals surface area contributed by atoms with Gasteiger partial charge >= 0.3 is 0 Å². The molecule has 1 aromatic heterocycles. The van der Waals surface area contributed by atoms with Crippen molar-refractivity contribution >= 4 is 17.5 Å². The number of carbonyl (C=O) groups excluding carboxylic acids is 2. The molecule has 0 bridgehead atoms. The first-order valence-electron chi connectivity index (χ1n) is 7.40. The number of anilines is 1. The fourth-order valence-electron chi connectivity index (χ4n) is 2.54. The molecule has 1 aliphatic heterocycles. The van der Waals surface area contributed by atoms with Gasteiger partial charge in [-0.2, -0.15) is 5.10 Å². The van der Waals surface area contributed by atoms with E-state index < -0.39 is 6.04 Å².